The van der Waals surface area contributed by atoms with Crippen LogP contribution in [0.1, 0.15) is 32.4 Å². The van der Waals surface area contributed by atoms with Gasteiger partial charge in [-0.15, -0.1) is 5.10 Å². The molecular formula is C20H20N4O. The number of rotatable bonds is 4. The number of oxazole rings is 1. The zero-order valence-electron chi connectivity index (χ0n) is 14.6. The molecule has 0 N–H and O–H groups in total. The largest absolute Gasteiger partial charge is 0.444 e. The van der Waals surface area contributed by atoms with Crippen molar-refractivity contribution in [1.82, 2.24) is 20.0 Å². The molecule has 4 aromatic rings. The number of aryl methyl sites for hydroxylation is 1. The molecule has 2 aromatic carbocycles. The van der Waals surface area contributed by atoms with Crippen LogP contribution in [0.3, 0.4) is 0 Å². The predicted octanol–water partition coefficient (Wildman–Crippen LogP) is 4.90. The lowest BCUT2D eigenvalue weighted by Crippen LogP contribution is -2.02. The van der Waals surface area contributed by atoms with Crippen LogP contribution in [0.5, 0.6) is 0 Å². The van der Waals surface area contributed by atoms with Gasteiger partial charge in [0.2, 0.25) is 5.89 Å². The molecule has 5 heteroatoms. The van der Waals surface area contributed by atoms with Crippen molar-refractivity contribution < 1.29 is 4.42 Å². The lowest BCUT2D eigenvalue weighted by molar-refractivity contribution is 0.530. The fourth-order valence-corrected chi connectivity index (χ4v) is 2.91. The highest BCUT2D eigenvalue weighted by molar-refractivity contribution is 5.80. The van der Waals surface area contributed by atoms with E-state index in [1.54, 1.807) is 6.26 Å². The molecule has 0 aliphatic rings. The van der Waals surface area contributed by atoms with Crippen molar-refractivity contribution in [3.05, 3.63) is 54.3 Å². The molecule has 0 fully saturated rings. The Morgan fingerprint density at radius 2 is 1.80 bits per heavy atom. The molecule has 0 radical (unpaired) electrons. The van der Waals surface area contributed by atoms with E-state index in [4.69, 9.17) is 4.42 Å². The lowest BCUT2D eigenvalue weighted by atomic mass is 10.1. The highest BCUT2D eigenvalue weighted by atomic mass is 16.3. The van der Waals surface area contributed by atoms with Gasteiger partial charge in [-0.1, -0.05) is 36.4 Å². The number of fused-ring (bicyclic) bond motifs is 1. The van der Waals surface area contributed by atoms with Gasteiger partial charge in [-0.2, -0.15) is 0 Å². The van der Waals surface area contributed by atoms with Crippen LogP contribution in [-0.4, -0.2) is 20.0 Å². The summed E-state index contributed by atoms with van der Waals surface area (Å²) >= 11 is 0. The van der Waals surface area contributed by atoms with Gasteiger partial charge >= 0.3 is 0 Å². The molecule has 5 nitrogen and oxygen atoms in total. The molecule has 0 aliphatic heterocycles. The number of aromatic nitrogens is 4. The fourth-order valence-electron chi connectivity index (χ4n) is 2.91. The van der Waals surface area contributed by atoms with E-state index in [2.05, 4.69) is 60.3 Å². The van der Waals surface area contributed by atoms with E-state index < -0.39 is 0 Å². The van der Waals surface area contributed by atoms with Crippen molar-refractivity contribution in [2.45, 2.75) is 33.2 Å². The minimum absolute atomic E-state index is 0.273. The molecule has 126 valence electrons. The van der Waals surface area contributed by atoms with E-state index in [9.17, 15) is 0 Å². The van der Waals surface area contributed by atoms with Crippen LogP contribution in [0, 0.1) is 0 Å². The molecule has 0 saturated carbocycles. The Balaban J connectivity index is 1.68. The first-order chi connectivity index (χ1) is 12.2. The predicted molar refractivity (Wildman–Crippen MR) is 98.2 cm³/mol. The van der Waals surface area contributed by atoms with Crippen molar-refractivity contribution in [2.75, 3.05) is 0 Å². The molecule has 0 spiro atoms. The summed E-state index contributed by atoms with van der Waals surface area (Å²) in [5.74, 6) is 0.593. The van der Waals surface area contributed by atoms with E-state index in [-0.39, 0.29) is 6.04 Å². The molecule has 0 unspecified atom stereocenters. The van der Waals surface area contributed by atoms with Crippen molar-refractivity contribution in [3.63, 3.8) is 0 Å². The Morgan fingerprint density at radius 1 is 1.04 bits per heavy atom. The first-order valence-electron chi connectivity index (χ1n) is 8.56. The highest BCUT2D eigenvalue weighted by Crippen LogP contribution is 2.27. The second kappa shape index (κ2) is 6.16. The summed E-state index contributed by atoms with van der Waals surface area (Å²) in [4.78, 5) is 4.63. The number of benzene rings is 2. The Hall–Kier alpha value is -2.95. The van der Waals surface area contributed by atoms with Crippen molar-refractivity contribution >= 4 is 11.0 Å². The molecule has 0 aliphatic carbocycles. The molecule has 2 heterocycles. The molecule has 25 heavy (non-hydrogen) atoms. The number of hydrogen-bond acceptors (Lipinski definition) is 4. The third kappa shape index (κ3) is 2.82. The van der Waals surface area contributed by atoms with Gasteiger partial charge in [-0.05, 0) is 44.0 Å². The smallest absolute Gasteiger partial charge is 0.226 e. The standard InChI is InChI=1S/C20H20N4O/c1-4-14-5-7-15(8-6-14)18-12-25-20(21-18)16-9-10-19-17(11-16)22-23-24(19)13(2)3/h5-13H,4H2,1-3H3. The first-order valence-corrected chi connectivity index (χ1v) is 8.56. The Morgan fingerprint density at radius 3 is 2.52 bits per heavy atom. The Kier molecular flexibility index (Phi) is 3.84. The van der Waals surface area contributed by atoms with E-state index in [1.165, 1.54) is 5.56 Å². The second-order valence-corrected chi connectivity index (χ2v) is 6.42. The van der Waals surface area contributed by atoms with Crippen LogP contribution >= 0.6 is 0 Å². The zero-order chi connectivity index (χ0) is 17.4. The molecule has 0 bridgehead atoms. The van der Waals surface area contributed by atoms with Crippen molar-refractivity contribution in [1.29, 1.82) is 0 Å². The van der Waals surface area contributed by atoms with Crippen molar-refractivity contribution in [3.8, 4) is 22.7 Å². The van der Waals surface area contributed by atoms with Gasteiger partial charge in [0.25, 0.3) is 0 Å². The number of hydrogen-bond donors (Lipinski definition) is 0. The zero-order valence-corrected chi connectivity index (χ0v) is 14.6. The van der Waals surface area contributed by atoms with E-state index in [0.717, 1.165) is 34.3 Å². The highest BCUT2D eigenvalue weighted by Gasteiger charge is 2.12. The van der Waals surface area contributed by atoms with Gasteiger partial charge in [0.05, 0.1) is 5.52 Å². The normalized spacial score (nSPS) is 11.5. The lowest BCUT2D eigenvalue weighted by Gasteiger charge is -2.05. The van der Waals surface area contributed by atoms with Crippen molar-refractivity contribution in [2.24, 2.45) is 0 Å². The summed E-state index contributed by atoms with van der Waals surface area (Å²) in [5, 5.41) is 8.47. The fraction of sp³-hybridized carbons (Fsp3) is 0.250. The topological polar surface area (TPSA) is 56.7 Å². The van der Waals surface area contributed by atoms with Gasteiger partial charge in [0.1, 0.15) is 17.5 Å². The average molecular weight is 332 g/mol. The third-order valence-corrected chi connectivity index (χ3v) is 4.37. The minimum Gasteiger partial charge on any atom is -0.444 e. The monoisotopic (exact) mass is 332 g/mol. The van der Waals surface area contributed by atoms with Crippen LogP contribution in [0.15, 0.2) is 53.1 Å². The first kappa shape index (κ1) is 15.6. The SMILES string of the molecule is CCc1ccc(-c2coc(-c3ccc4c(c3)nnn4C(C)C)n2)cc1. The van der Waals surface area contributed by atoms with Crippen LogP contribution in [-0.2, 0) is 6.42 Å². The third-order valence-electron chi connectivity index (χ3n) is 4.37. The Labute approximate surface area is 146 Å². The van der Waals surface area contributed by atoms with Gasteiger partial charge in [0, 0.05) is 17.2 Å². The van der Waals surface area contributed by atoms with E-state index in [0.29, 0.717) is 5.89 Å². The summed E-state index contributed by atoms with van der Waals surface area (Å²) in [5.41, 5.74) is 5.97. The van der Waals surface area contributed by atoms with Gasteiger partial charge in [0.15, 0.2) is 0 Å². The van der Waals surface area contributed by atoms with Crippen LogP contribution < -0.4 is 0 Å². The quantitative estimate of drug-likeness (QED) is 0.533. The minimum atomic E-state index is 0.273. The molecule has 4 rings (SSSR count). The molecule has 0 atom stereocenters. The molecule has 0 amide bonds. The van der Waals surface area contributed by atoms with Gasteiger partial charge < -0.3 is 4.42 Å². The average Bonchev–Trinajstić information content (AvgIpc) is 3.28. The second-order valence-electron chi connectivity index (χ2n) is 6.42. The summed E-state index contributed by atoms with van der Waals surface area (Å²) in [6.45, 7) is 6.33. The summed E-state index contributed by atoms with van der Waals surface area (Å²) < 4.78 is 7.61. The summed E-state index contributed by atoms with van der Waals surface area (Å²) in [7, 11) is 0. The molecule has 0 saturated heterocycles. The van der Waals surface area contributed by atoms with Crippen LogP contribution in [0.4, 0.5) is 0 Å². The maximum Gasteiger partial charge on any atom is 0.226 e. The van der Waals surface area contributed by atoms with Gasteiger partial charge in [-0.25, -0.2) is 9.67 Å². The molecular weight excluding hydrogens is 312 g/mol. The Bertz CT molecular complexity index is 1010. The van der Waals surface area contributed by atoms with E-state index >= 15 is 0 Å². The summed E-state index contributed by atoms with van der Waals surface area (Å²) in [6, 6.07) is 14.7. The van der Waals surface area contributed by atoms with E-state index in [1.807, 2.05) is 22.9 Å². The molecule has 2 aromatic heterocycles. The maximum absolute atomic E-state index is 5.70. The summed E-state index contributed by atoms with van der Waals surface area (Å²) in [6.07, 6.45) is 2.73. The van der Waals surface area contributed by atoms with Crippen LogP contribution in [0.25, 0.3) is 33.7 Å². The van der Waals surface area contributed by atoms with Gasteiger partial charge in [-0.3, -0.25) is 0 Å². The van der Waals surface area contributed by atoms with Crippen LogP contribution in [0.2, 0.25) is 0 Å². The number of nitrogens with zero attached hydrogens (tertiary/aromatic N) is 4. The maximum atomic E-state index is 5.70.